The van der Waals surface area contributed by atoms with Crippen LogP contribution < -0.4 is 9.47 Å². The van der Waals surface area contributed by atoms with Crippen LogP contribution in [0.25, 0.3) is 10.8 Å². The van der Waals surface area contributed by atoms with Crippen LogP contribution in [0.15, 0.2) is 24.3 Å². The highest BCUT2D eigenvalue weighted by molar-refractivity contribution is 6.01. The number of aromatic hydroxyl groups is 1. The van der Waals surface area contributed by atoms with Gasteiger partial charge in [0.1, 0.15) is 5.75 Å². The molecule has 5 nitrogen and oxygen atoms in total. The molecule has 0 aliphatic carbocycles. The normalized spacial score (nSPS) is 12.7. The van der Waals surface area contributed by atoms with Crippen LogP contribution in [0.5, 0.6) is 17.2 Å². The number of ether oxygens (including phenoxy) is 3. The summed E-state index contributed by atoms with van der Waals surface area (Å²) in [6, 6.07) is 6.50. The maximum Gasteiger partial charge on any atom is 0.338 e. The Kier molecular flexibility index (Phi) is 2.26. The molecule has 0 spiro atoms. The average molecular weight is 246 g/mol. The molecule has 2 aromatic carbocycles. The van der Waals surface area contributed by atoms with Crippen LogP contribution in [0.2, 0.25) is 0 Å². The minimum Gasteiger partial charge on any atom is -0.507 e. The Bertz CT molecular complexity index is 647. The van der Waals surface area contributed by atoms with Crippen molar-refractivity contribution in [1.82, 2.24) is 0 Å². The molecular formula is C13H10O5. The van der Waals surface area contributed by atoms with Gasteiger partial charge in [-0.15, -0.1) is 0 Å². The van der Waals surface area contributed by atoms with Gasteiger partial charge in [-0.3, -0.25) is 0 Å². The predicted octanol–water partition coefficient (Wildman–Crippen LogP) is 2.06. The number of phenolic OH excluding ortho intramolecular Hbond substituents is 1. The van der Waals surface area contributed by atoms with Gasteiger partial charge in [-0.1, -0.05) is 6.07 Å². The zero-order valence-electron chi connectivity index (χ0n) is 9.60. The zero-order valence-corrected chi connectivity index (χ0v) is 9.60. The monoisotopic (exact) mass is 246 g/mol. The molecular weight excluding hydrogens is 236 g/mol. The van der Waals surface area contributed by atoms with Gasteiger partial charge in [0, 0.05) is 0 Å². The van der Waals surface area contributed by atoms with Crippen LogP contribution in [0.1, 0.15) is 10.4 Å². The number of rotatable bonds is 1. The summed E-state index contributed by atoms with van der Waals surface area (Å²) in [6.45, 7) is 0.132. The summed E-state index contributed by atoms with van der Waals surface area (Å²) in [4.78, 5) is 11.5. The van der Waals surface area contributed by atoms with Gasteiger partial charge in [-0.25, -0.2) is 4.79 Å². The Balaban J connectivity index is 2.28. The summed E-state index contributed by atoms with van der Waals surface area (Å²) in [6.07, 6.45) is 0. The standard InChI is InChI=1S/C13H10O5/c1-16-13(15)8-4-7-2-3-10-12(18-6-17-10)11(7)9(14)5-8/h2-5,14H,6H2,1H3. The van der Waals surface area contributed by atoms with E-state index in [1.54, 1.807) is 18.2 Å². The van der Waals surface area contributed by atoms with Crippen molar-refractivity contribution >= 4 is 16.7 Å². The molecule has 0 fully saturated rings. The van der Waals surface area contributed by atoms with E-state index in [2.05, 4.69) is 4.74 Å². The quantitative estimate of drug-likeness (QED) is 0.780. The number of hydrogen-bond acceptors (Lipinski definition) is 5. The minimum atomic E-state index is -0.495. The molecule has 0 amide bonds. The van der Waals surface area contributed by atoms with Crippen LogP contribution in [0, 0.1) is 0 Å². The van der Waals surface area contributed by atoms with E-state index in [0.717, 1.165) is 0 Å². The first-order valence-electron chi connectivity index (χ1n) is 5.34. The first kappa shape index (κ1) is 10.7. The molecule has 1 N–H and O–H groups in total. The Hall–Kier alpha value is -2.43. The van der Waals surface area contributed by atoms with Crippen molar-refractivity contribution in [2.24, 2.45) is 0 Å². The Morgan fingerprint density at radius 1 is 1.33 bits per heavy atom. The van der Waals surface area contributed by atoms with Crippen molar-refractivity contribution in [1.29, 1.82) is 0 Å². The fraction of sp³-hybridized carbons (Fsp3) is 0.154. The Morgan fingerprint density at radius 3 is 2.94 bits per heavy atom. The van der Waals surface area contributed by atoms with Gasteiger partial charge in [-0.2, -0.15) is 0 Å². The highest BCUT2D eigenvalue weighted by Crippen LogP contribution is 2.43. The molecule has 3 rings (SSSR count). The molecule has 1 aliphatic rings. The largest absolute Gasteiger partial charge is 0.507 e. The number of fused-ring (bicyclic) bond motifs is 3. The van der Waals surface area contributed by atoms with E-state index in [4.69, 9.17) is 9.47 Å². The first-order chi connectivity index (χ1) is 8.70. The van der Waals surface area contributed by atoms with Gasteiger partial charge in [-0.05, 0) is 23.6 Å². The van der Waals surface area contributed by atoms with Crippen LogP contribution in [0.4, 0.5) is 0 Å². The lowest BCUT2D eigenvalue weighted by Gasteiger charge is -2.07. The van der Waals surface area contributed by atoms with Crippen molar-refractivity contribution in [3.8, 4) is 17.2 Å². The Labute approximate surface area is 102 Å². The van der Waals surface area contributed by atoms with Crippen LogP contribution in [0.3, 0.4) is 0 Å². The van der Waals surface area contributed by atoms with Crippen molar-refractivity contribution in [3.05, 3.63) is 29.8 Å². The molecule has 0 unspecified atom stereocenters. The third-order valence-electron chi connectivity index (χ3n) is 2.85. The molecule has 1 heterocycles. The average Bonchev–Trinajstić information content (AvgIpc) is 2.85. The van der Waals surface area contributed by atoms with E-state index >= 15 is 0 Å². The second-order valence-corrected chi connectivity index (χ2v) is 3.88. The second kappa shape index (κ2) is 3.80. The lowest BCUT2D eigenvalue weighted by molar-refractivity contribution is 0.0600. The summed E-state index contributed by atoms with van der Waals surface area (Å²) in [7, 11) is 1.29. The van der Waals surface area contributed by atoms with Crippen LogP contribution in [-0.4, -0.2) is 25.0 Å². The van der Waals surface area contributed by atoms with Crippen molar-refractivity contribution in [3.63, 3.8) is 0 Å². The molecule has 1 aliphatic heterocycles. The van der Waals surface area contributed by atoms with Crippen LogP contribution >= 0.6 is 0 Å². The van der Waals surface area contributed by atoms with Gasteiger partial charge in [0.25, 0.3) is 0 Å². The molecule has 0 radical (unpaired) electrons. The highest BCUT2D eigenvalue weighted by atomic mass is 16.7. The number of esters is 1. The molecule has 5 heteroatoms. The maximum atomic E-state index is 11.5. The number of phenols is 1. The van der Waals surface area contributed by atoms with Gasteiger partial charge >= 0.3 is 5.97 Å². The third-order valence-corrected chi connectivity index (χ3v) is 2.85. The third kappa shape index (κ3) is 1.44. The first-order valence-corrected chi connectivity index (χ1v) is 5.34. The number of carbonyl (C=O) groups is 1. The smallest absolute Gasteiger partial charge is 0.338 e. The van der Waals surface area contributed by atoms with Gasteiger partial charge < -0.3 is 19.3 Å². The molecule has 18 heavy (non-hydrogen) atoms. The van der Waals surface area contributed by atoms with Crippen molar-refractivity contribution in [2.45, 2.75) is 0 Å². The topological polar surface area (TPSA) is 65.0 Å². The van der Waals surface area contributed by atoms with E-state index in [0.29, 0.717) is 27.8 Å². The zero-order chi connectivity index (χ0) is 12.7. The summed E-state index contributed by atoms with van der Waals surface area (Å²) in [5.41, 5.74) is 0.293. The Morgan fingerprint density at radius 2 is 2.17 bits per heavy atom. The van der Waals surface area contributed by atoms with Gasteiger partial charge in [0.2, 0.25) is 6.79 Å². The van der Waals surface area contributed by atoms with Gasteiger partial charge in [0.05, 0.1) is 18.1 Å². The van der Waals surface area contributed by atoms with Crippen molar-refractivity contribution < 1.29 is 24.1 Å². The number of methoxy groups -OCH3 is 1. The number of benzene rings is 2. The van der Waals surface area contributed by atoms with Crippen molar-refractivity contribution in [2.75, 3.05) is 13.9 Å². The summed E-state index contributed by atoms with van der Waals surface area (Å²) in [5, 5.41) is 11.3. The maximum absolute atomic E-state index is 11.5. The highest BCUT2D eigenvalue weighted by Gasteiger charge is 2.20. The SMILES string of the molecule is COC(=O)c1cc(O)c2c3c(ccc2c1)OCO3. The fourth-order valence-corrected chi connectivity index (χ4v) is 2.04. The predicted molar refractivity (Wildman–Crippen MR) is 63.1 cm³/mol. The fourth-order valence-electron chi connectivity index (χ4n) is 2.04. The number of hydrogen-bond donors (Lipinski definition) is 1. The molecule has 2 aromatic rings. The summed E-state index contributed by atoms with van der Waals surface area (Å²) in [5.74, 6) is 0.560. The summed E-state index contributed by atoms with van der Waals surface area (Å²) < 4.78 is 15.2. The second-order valence-electron chi connectivity index (χ2n) is 3.88. The number of carbonyl (C=O) groups excluding carboxylic acids is 1. The molecule has 0 bridgehead atoms. The minimum absolute atomic E-state index is 0.0322. The van der Waals surface area contributed by atoms with E-state index in [9.17, 15) is 9.90 Å². The van der Waals surface area contributed by atoms with E-state index < -0.39 is 5.97 Å². The van der Waals surface area contributed by atoms with E-state index in [1.165, 1.54) is 13.2 Å². The molecule has 92 valence electrons. The molecule has 0 saturated carbocycles. The molecule has 0 aromatic heterocycles. The van der Waals surface area contributed by atoms with Crippen LogP contribution in [-0.2, 0) is 4.74 Å². The summed E-state index contributed by atoms with van der Waals surface area (Å²) >= 11 is 0. The molecule has 0 atom stereocenters. The van der Waals surface area contributed by atoms with E-state index in [-0.39, 0.29) is 12.5 Å². The lowest BCUT2D eigenvalue weighted by Crippen LogP contribution is -2.00. The lowest BCUT2D eigenvalue weighted by atomic mass is 10.0. The molecule has 0 saturated heterocycles. The van der Waals surface area contributed by atoms with Gasteiger partial charge in [0.15, 0.2) is 11.5 Å². The van der Waals surface area contributed by atoms with E-state index in [1.807, 2.05) is 0 Å².